The number of pyridine rings is 1. The minimum atomic E-state index is -0.489. The van der Waals surface area contributed by atoms with Crippen molar-refractivity contribution in [2.45, 2.75) is 25.4 Å². The van der Waals surface area contributed by atoms with E-state index >= 15 is 0 Å². The van der Waals surface area contributed by atoms with E-state index in [4.69, 9.17) is 10.8 Å². The van der Waals surface area contributed by atoms with Gasteiger partial charge in [0, 0.05) is 6.20 Å². The SMILES string of the molecule is NC(=O)c1ncc(CO)cc1C1CC1. The summed E-state index contributed by atoms with van der Waals surface area (Å²) in [5, 5.41) is 8.94. The molecule has 0 bridgehead atoms. The number of amides is 1. The summed E-state index contributed by atoms with van der Waals surface area (Å²) in [6.07, 6.45) is 3.65. The van der Waals surface area contributed by atoms with Gasteiger partial charge in [-0.2, -0.15) is 0 Å². The van der Waals surface area contributed by atoms with E-state index in [2.05, 4.69) is 4.98 Å². The number of nitrogens with zero attached hydrogens (tertiary/aromatic N) is 1. The average Bonchev–Trinajstić information content (AvgIpc) is 3.00. The lowest BCUT2D eigenvalue weighted by atomic mass is 10.1. The molecule has 0 aliphatic heterocycles. The first-order valence-corrected chi connectivity index (χ1v) is 4.62. The minimum absolute atomic E-state index is 0.0498. The summed E-state index contributed by atoms with van der Waals surface area (Å²) in [5.74, 6) is -0.0760. The van der Waals surface area contributed by atoms with E-state index in [1.165, 1.54) is 6.20 Å². The molecular weight excluding hydrogens is 180 g/mol. The van der Waals surface area contributed by atoms with Crippen LogP contribution in [-0.4, -0.2) is 16.0 Å². The monoisotopic (exact) mass is 192 g/mol. The number of hydrogen-bond donors (Lipinski definition) is 2. The van der Waals surface area contributed by atoms with Crippen molar-refractivity contribution in [3.05, 3.63) is 29.1 Å². The summed E-state index contributed by atoms with van der Waals surface area (Å²) in [6.45, 7) is -0.0498. The molecule has 0 aromatic carbocycles. The molecule has 0 radical (unpaired) electrons. The van der Waals surface area contributed by atoms with Crippen LogP contribution < -0.4 is 5.73 Å². The van der Waals surface area contributed by atoms with E-state index in [0.717, 1.165) is 24.0 Å². The van der Waals surface area contributed by atoms with Crippen LogP contribution >= 0.6 is 0 Å². The summed E-state index contributed by atoms with van der Waals surface area (Å²) in [7, 11) is 0. The fourth-order valence-electron chi connectivity index (χ4n) is 1.53. The van der Waals surface area contributed by atoms with E-state index in [1.807, 2.05) is 6.07 Å². The van der Waals surface area contributed by atoms with Crippen LogP contribution in [0.25, 0.3) is 0 Å². The molecule has 1 amide bonds. The highest BCUT2D eigenvalue weighted by molar-refractivity contribution is 5.92. The van der Waals surface area contributed by atoms with E-state index in [1.54, 1.807) is 0 Å². The summed E-state index contributed by atoms with van der Waals surface area (Å²) >= 11 is 0. The molecule has 0 unspecified atom stereocenters. The van der Waals surface area contributed by atoms with Crippen LogP contribution in [0.15, 0.2) is 12.3 Å². The van der Waals surface area contributed by atoms with Crippen LogP contribution in [-0.2, 0) is 6.61 Å². The third kappa shape index (κ3) is 1.61. The standard InChI is InChI=1S/C10H12N2O2/c11-10(14)9-8(7-1-2-7)3-6(5-13)4-12-9/h3-4,7,13H,1-2,5H2,(H2,11,14). The van der Waals surface area contributed by atoms with E-state index in [9.17, 15) is 4.79 Å². The molecular formula is C10H12N2O2. The van der Waals surface area contributed by atoms with Gasteiger partial charge < -0.3 is 10.8 Å². The summed E-state index contributed by atoms with van der Waals surface area (Å²) in [6, 6.07) is 1.82. The Labute approximate surface area is 81.8 Å². The Bertz CT molecular complexity index is 372. The van der Waals surface area contributed by atoms with Gasteiger partial charge in [-0.15, -0.1) is 0 Å². The zero-order valence-electron chi connectivity index (χ0n) is 7.73. The Morgan fingerprint density at radius 2 is 2.36 bits per heavy atom. The molecule has 3 N–H and O–H groups in total. The second-order valence-corrected chi connectivity index (χ2v) is 3.58. The molecule has 2 rings (SSSR count). The smallest absolute Gasteiger partial charge is 0.267 e. The Kier molecular flexibility index (Phi) is 2.21. The maximum atomic E-state index is 11.1. The fraction of sp³-hybridized carbons (Fsp3) is 0.400. The van der Waals surface area contributed by atoms with Gasteiger partial charge in [0.2, 0.25) is 0 Å². The van der Waals surface area contributed by atoms with Crippen molar-refractivity contribution in [1.82, 2.24) is 4.98 Å². The zero-order chi connectivity index (χ0) is 10.1. The van der Waals surface area contributed by atoms with Gasteiger partial charge in [-0.05, 0) is 36.0 Å². The van der Waals surface area contributed by atoms with Crippen LogP contribution in [0.3, 0.4) is 0 Å². The van der Waals surface area contributed by atoms with Crippen molar-refractivity contribution in [2.24, 2.45) is 5.73 Å². The molecule has 4 nitrogen and oxygen atoms in total. The summed E-state index contributed by atoms with van der Waals surface area (Å²) < 4.78 is 0. The predicted octanol–water partition coefficient (Wildman–Crippen LogP) is 0.550. The molecule has 1 fully saturated rings. The third-order valence-electron chi connectivity index (χ3n) is 2.41. The maximum absolute atomic E-state index is 11.1. The first-order chi connectivity index (χ1) is 6.72. The van der Waals surface area contributed by atoms with Crippen molar-refractivity contribution < 1.29 is 9.90 Å². The largest absolute Gasteiger partial charge is 0.392 e. The molecule has 1 aromatic heterocycles. The second kappa shape index (κ2) is 3.38. The lowest BCUT2D eigenvalue weighted by molar-refractivity contribution is 0.0994. The van der Waals surface area contributed by atoms with Gasteiger partial charge in [-0.25, -0.2) is 0 Å². The van der Waals surface area contributed by atoms with Gasteiger partial charge in [0.1, 0.15) is 5.69 Å². The van der Waals surface area contributed by atoms with Crippen molar-refractivity contribution in [3.63, 3.8) is 0 Å². The second-order valence-electron chi connectivity index (χ2n) is 3.58. The molecule has 1 aliphatic carbocycles. The van der Waals surface area contributed by atoms with Crippen LogP contribution in [0.4, 0.5) is 0 Å². The van der Waals surface area contributed by atoms with Crippen LogP contribution in [0, 0.1) is 0 Å². The molecule has 0 spiro atoms. The predicted molar refractivity (Wildman–Crippen MR) is 50.7 cm³/mol. The van der Waals surface area contributed by atoms with Crippen LogP contribution in [0.1, 0.15) is 40.4 Å². The molecule has 1 saturated carbocycles. The first kappa shape index (κ1) is 9.15. The molecule has 0 saturated heterocycles. The Morgan fingerprint density at radius 3 is 2.86 bits per heavy atom. The number of primary amides is 1. The van der Waals surface area contributed by atoms with Gasteiger partial charge >= 0.3 is 0 Å². The van der Waals surface area contributed by atoms with Crippen LogP contribution in [0.5, 0.6) is 0 Å². The van der Waals surface area contributed by atoms with Crippen molar-refractivity contribution in [2.75, 3.05) is 0 Å². The van der Waals surface area contributed by atoms with Crippen molar-refractivity contribution in [3.8, 4) is 0 Å². The zero-order valence-corrected chi connectivity index (χ0v) is 7.73. The molecule has 1 heterocycles. The fourth-order valence-corrected chi connectivity index (χ4v) is 1.53. The number of hydrogen-bond acceptors (Lipinski definition) is 3. The number of aliphatic hydroxyl groups excluding tert-OH is 1. The number of nitrogens with two attached hydrogens (primary N) is 1. The number of aliphatic hydroxyl groups is 1. The molecule has 4 heteroatoms. The van der Waals surface area contributed by atoms with Crippen LogP contribution in [0.2, 0.25) is 0 Å². The average molecular weight is 192 g/mol. The Balaban J connectivity index is 2.43. The third-order valence-corrected chi connectivity index (χ3v) is 2.41. The quantitative estimate of drug-likeness (QED) is 0.734. The number of aromatic nitrogens is 1. The Hall–Kier alpha value is -1.42. The van der Waals surface area contributed by atoms with Gasteiger partial charge in [-0.1, -0.05) is 0 Å². The number of carbonyl (C=O) groups is 1. The first-order valence-electron chi connectivity index (χ1n) is 4.62. The topological polar surface area (TPSA) is 76.2 Å². The van der Waals surface area contributed by atoms with Gasteiger partial charge in [-0.3, -0.25) is 9.78 Å². The normalized spacial score (nSPS) is 15.5. The van der Waals surface area contributed by atoms with E-state index in [0.29, 0.717) is 11.6 Å². The van der Waals surface area contributed by atoms with Gasteiger partial charge in [0.05, 0.1) is 6.61 Å². The molecule has 0 atom stereocenters. The highest BCUT2D eigenvalue weighted by Crippen LogP contribution is 2.41. The maximum Gasteiger partial charge on any atom is 0.267 e. The molecule has 1 aliphatic rings. The molecule has 1 aromatic rings. The van der Waals surface area contributed by atoms with E-state index in [-0.39, 0.29) is 6.61 Å². The summed E-state index contributed by atoms with van der Waals surface area (Å²) in [5.41, 5.74) is 7.19. The molecule has 74 valence electrons. The highest BCUT2D eigenvalue weighted by Gasteiger charge is 2.28. The Morgan fingerprint density at radius 1 is 1.64 bits per heavy atom. The lowest BCUT2D eigenvalue weighted by Crippen LogP contribution is -2.16. The van der Waals surface area contributed by atoms with E-state index < -0.39 is 5.91 Å². The lowest BCUT2D eigenvalue weighted by Gasteiger charge is -2.05. The minimum Gasteiger partial charge on any atom is -0.392 e. The van der Waals surface area contributed by atoms with Gasteiger partial charge in [0.15, 0.2) is 0 Å². The highest BCUT2D eigenvalue weighted by atomic mass is 16.3. The van der Waals surface area contributed by atoms with Crippen molar-refractivity contribution in [1.29, 1.82) is 0 Å². The van der Waals surface area contributed by atoms with Gasteiger partial charge in [0.25, 0.3) is 5.91 Å². The summed E-state index contributed by atoms with van der Waals surface area (Å²) in [4.78, 5) is 15.0. The number of rotatable bonds is 3. The van der Waals surface area contributed by atoms with Crippen molar-refractivity contribution >= 4 is 5.91 Å². The number of carbonyl (C=O) groups excluding carboxylic acids is 1. The molecule has 14 heavy (non-hydrogen) atoms.